The highest BCUT2D eigenvalue weighted by atomic mass is 32.1. The summed E-state index contributed by atoms with van der Waals surface area (Å²) in [5.74, 6) is -0.377. The summed E-state index contributed by atoms with van der Waals surface area (Å²) in [6.45, 7) is 7.84. The highest BCUT2D eigenvalue weighted by Gasteiger charge is 2.25. The van der Waals surface area contributed by atoms with E-state index in [-0.39, 0.29) is 23.9 Å². The molecule has 0 saturated heterocycles. The Hall–Kier alpha value is -2.67. The second kappa shape index (κ2) is 11.5. The number of hydrogen-bond acceptors (Lipinski definition) is 6. The van der Waals surface area contributed by atoms with E-state index >= 15 is 0 Å². The molecular weight excluding hydrogens is 402 g/mol. The Labute approximate surface area is 181 Å². The minimum atomic E-state index is -0.555. The minimum Gasteiger partial charge on any atom is -0.494 e. The Balaban J connectivity index is 2.10. The summed E-state index contributed by atoms with van der Waals surface area (Å²) in [6.07, 6.45) is 4.52. The largest absolute Gasteiger partial charge is 0.494 e. The Bertz CT molecular complexity index is 886. The smallest absolute Gasteiger partial charge is 0.341 e. The molecule has 0 fully saturated rings. The maximum atomic E-state index is 12.7. The Morgan fingerprint density at radius 3 is 2.33 bits per heavy atom. The minimum absolute atomic E-state index is 0.163. The standard InChI is InChI=1S/C23H29NO5S/c1-5-7-8-9-14-29-18-12-10-17(11-13-18)21(26)24-22-19(23(27)28-6-2)15(3)20(30-22)16(4)25/h10-13H,5-9,14H2,1-4H3,(H,24,26). The number of unbranched alkanes of at least 4 members (excludes halogenated alkanes) is 3. The summed E-state index contributed by atoms with van der Waals surface area (Å²) in [5, 5.41) is 3.07. The Morgan fingerprint density at radius 2 is 1.73 bits per heavy atom. The van der Waals surface area contributed by atoms with E-state index in [0.717, 1.165) is 24.2 Å². The fraction of sp³-hybridized carbons (Fsp3) is 0.435. The summed E-state index contributed by atoms with van der Waals surface area (Å²) in [7, 11) is 0. The molecular formula is C23H29NO5S. The third-order valence-electron chi connectivity index (χ3n) is 4.56. The topological polar surface area (TPSA) is 81.7 Å². The molecule has 0 unspecified atom stereocenters. The SMILES string of the molecule is CCCCCCOc1ccc(C(=O)Nc2sc(C(C)=O)c(C)c2C(=O)OCC)cc1. The molecule has 0 saturated carbocycles. The average molecular weight is 432 g/mol. The first-order valence-electron chi connectivity index (χ1n) is 10.2. The van der Waals surface area contributed by atoms with Gasteiger partial charge in [-0.2, -0.15) is 0 Å². The third kappa shape index (κ3) is 6.16. The predicted molar refractivity (Wildman–Crippen MR) is 119 cm³/mol. The molecule has 0 aliphatic heterocycles. The lowest BCUT2D eigenvalue weighted by Crippen LogP contribution is -2.15. The van der Waals surface area contributed by atoms with E-state index in [1.165, 1.54) is 19.8 Å². The molecule has 0 spiro atoms. The van der Waals surface area contributed by atoms with Crippen molar-refractivity contribution in [3.8, 4) is 5.75 Å². The van der Waals surface area contributed by atoms with Crippen LogP contribution in [-0.4, -0.2) is 30.9 Å². The monoisotopic (exact) mass is 431 g/mol. The molecule has 2 rings (SSSR count). The van der Waals surface area contributed by atoms with Crippen LogP contribution in [0.1, 0.15) is 82.4 Å². The van der Waals surface area contributed by atoms with Gasteiger partial charge in [-0.1, -0.05) is 26.2 Å². The van der Waals surface area contributed by atoms with Gasteiger partial charge in [0, 0.05) is 5.56 Å². The maximum absolute atomic E-state index is 12.7. The van der Waals surface area contributed by atoms with Gasteiger partial charge in [-0.05, 0) is 57.0 Å². The number of carbonyl (C=O) groups is 3. The highest BCUT2D eigenvalue weighted by Crippen LogP contribution is 2.34. The lowest BCUT2D eigenvalue weighted by molar-refractivity contribution is 0.0527. The number of carbonyl (C=O) groups excluding carboxylic acids is 3. The number of thiophene rings is 1. The molecule has 1 amide bonds. The zero-order valence-corrected chi connectivity index (χ0v) is 18.8. The predicted octanol–water partition coefficient (Wildman–Crippen LogP) is 5.65. The molecule has 1 N–H and O–H groups in total. The molecule has 2 aromatic rings. The number of rotatable bonds is 11. The number of hydrogen-bond donors (Lipinski definition) is 1. The van der Waals surface area contributed by atoms with Gasteiger partial charge in [0.15, 0.2) is 5.78 Å². The molecule has 6 nitrogen and oxygen atoms in total. The summed E-state index contributed by atoms with van der Waals surface area (Å²) < 4.78 is 10.8. The van der Waals surface area contributed by atoms with Gasteiger partial charge in [-0.15, -0.1) is 11.3 Å². The summed E-state index contributed by atoms with van der Waals surface area (Å²) in [4.78, 5) is 37.4. The molecule has 0 atom stereocenters. The van der Waals surface area contributed by atoms with Crippen molar-refractivity contribution in [3.63, 3.8) is 0 Å². The van der Waals surface area contributed by atoms with E-state index in [1.807, 2.05) is 0 Å². The van der Waals surface area contributed by atoms with Crippen LogP contribution >= 0.6 is 11.3 Å². The number of amides is 1. The second-order valence-electron chi connectivity index (χ2n) is 6.92. The van der Waals surface area contributed by atoms with Crippen molar-refractivity contribution in [1.82, 2.24) is 0 Å². The summed E-state index contributed by atoms with van der Waals surface area (Å²) >= 11 is 1.09. The molecule has 162 valence electrons. The first kappa shape index (κ1) is 23.6. The van der Waals surface area contributed by atoms with Gasteiger partial charge < -0.3 is 14.8 Å². The van der Waals surface area contributed by atoms with Gasteiger partial charge in [0.25, 0.3) is 5.91 Å². The number of nitrogens with one attached hydrogen (secondary N) is 1. The van der Waals surface area contributed by atoms with E-state index in [1.54, 1.807) is 38.1 Å². The number of esters is 1. The van der Waals surface area contributed by atoms with Gasteiger partial charge in [-0.25, -0.2) is 4.79 Å². The molecule has 0 aliphatic rings. The first-order chi connectivity index (χ1) is 14.4. The number of ether oxygens (including phenoxy) is 2. The molecule has 7 heteroatoms. The van der Waals surface area contributed by atoms with Gasteiger partial charge in [0.1, 0.15) is 10.8 Å². The fourth-order valence-electron chi connectivity index (χ4n) is 2.98. The molecule has 0 aliphatic carbocycles. The quantitative estimate of drug-likeness (QED) is 0.282. The van der Waals surface area contributed by atoms with Crippen LogP contribution in [0, 0.1) is 6.92 Å². The number of anilines is 1. The van der Waals surface area contributed by atoms with Crippen LogP contribution in [0.15, 0.2) is 24.3 Å². The molecule has 0 radical (unpaired) electrons. The van der Waals surface area contributed by atoms with Gasteiger partial charge >= 0.3 is 5.97 Å². The van der Waals surface area contributed by atoms with Gasteiger partial charge in [0.2, 0.25) is 0 Å². The fourth-order valence-corrected chi connectivity index (χ4v) is 4.07. The van der Waals surface area contributed by atoms with E-state index in [0.29, 0.717) is 33.4 Å². The Morgan fingerprint density at radius 1 is 1.03 bits per heavy atom. The molecule has 1 heterocycles. The van der Waals surface area contributed by atoms with E-state index in [9.17, 15) is 14.4 Å². The Kier molecular flexibility index (Phi) is 9.05. The van der Waals surface area contributed by atoms with Crippen LogP contribution in [0.5, 0.6) is 5.75 Å². The van der Waals surface area contributed by atoms with E-state index in [2.05, 4.69) is 12.2 Å². The van der Waals surface area contributed by atoms with Crippen molar-refractivity contribution in [1.29, 1.82) is 0 Å². The molecule has 0 bridgehead atoms. The molecule has 30 heavy (non-hydrogen) atoms. The maximum Gasteiger partial charge on any atom is 0.341 e. The van der Waals surface area contributed by atoms with Crippen LogP contribution in [0.4, 0.5) is 5.00 Å². The van der Waals surface area contributed by atoms with Crippen molar-refractivity contribution in [2.75, 3.05) is 18.5 Å². The normalized spacial score (nSPS) is 10.5. The van der Waals surface area contributed by atoms with E-state index < -0.39 is 5.97 Å². The van der Waals surface area contributed by atoms with Crippen LogP contribution in [0.3, 0.4) is 0 Å². The second-order valence-corrected chi connectivity index (χ2v) is 7.95. The number of ketones is 1. The van der Waals surface area contributed by atoms with Gasteiger partial charge in [0.05, 0.1) is 23.7 Å². The van der Waals surface area contributed by atoms with Crippen molar-refractivity contribution in [2.24, 2.45) is 0 Å². The van der Waals surface area contributed by atoms with Crippen molar-refractivity contribution >= 4 is 34.0 Å². The average Bonchev–Trinajstić information content (AvgIpc) is 3.04. The zero-order valence-electron chi connectivity index (χ0n) is 18.0. The van der Waals surface area contributed by atoms with Crippen LogP contribution in [0.25, 0.3) is 0 Å². The van der Waals surface area contributed by atoms with Gasteiger partial charge in [-0.3, -0.25) is 9.59 Å². The zero-order chi connectivity index (χ0) is 22.1. The number of benzene rings is 1. The highest BCUT2D eigenvalue weighted by molar-refractivity contribution is 7.18. The van der Waals surface area contributed by atoms with Crippen LogP contribution in [-0.2, 0) is 4.74 Å². The van der Waals surface area contributed by atoms with Crippen molar-refractivity contribution < 1.29 is 23.9 Å². The number of Topliss-reactive ketones (excluding diaryl/α,β-unsaturated/α-hetero) is 1. The van der Waals surface area contributed by atoms with Crippen molar-refractivity contribution in [2.45, 2.75) is 53.4 Å². The molecule has 1 aromatic heterocycles. The first-order valence-corrected chi connectivity index (χ1v) is 11.1. The lowest BCUT2D eigenvalue weighted by atomic mass is 10.1. The third-order valence-corrected chi connectivity index (χ3v) is 5.86. The molecule has 1 aromatic carbocycles. The summed E-state index contributed by atoms with van der Waals surface area (Å²) in [5.41, 5.74) is 1.18. The van der Waals surface area contributed by atoms with Crippen molar-refractivity contribution in [3.05, 3.63) is 45.8 Å². The lowest BCUT2D eigenvalue weighted by Gasteiger charge is -2.09. The van der Waals surface area contributed by atoms with Crippen LogP contribution in [0.2, 0.25) is 0 Å². The van der Waals surface area contributed by atoms with Crippen LogP contribution < -0.4 is 10.1 Å². The summed E-state index contributed by atoms with van der Waals surface area (Å²) in [6, 6.07) is 6.85. The van der Waals surface area contributed by atoms with E-state index in [4.69, 9.17) is 9.47 Å².